The van der Waals surface area contributed by atoms with Crippen molar-refractivity contribution >= 4 is 15.7 Å². The molecular weight excluding hydrogens is 302 g/mol. The molecule has 0 fully saturated rings. The first-order valence-corrected chi connectivity index (χ1v) is 8.97. The van der Waals surface area contributed by atoms with Gasteiger partial charge in [0.25, 0.3) is 0 Å². The highest BCUT2D eigenvalue weighted by Gasteiger charge is 2.09. The summed E-state index contributed by atoms with van der Waals surface area (Å²) in [5.74, 6) is 1.16. The third kappa shape index (κ3) is 5.00. The zero-order valence-electron chi connectivity index (χ0n) is 12.6. The van der Waals surface area contributed by atoms with E-state index in [9.17, 15) is 8.42 Å². The summed E-state index contributed by atoms with van der Waals surface area (Å²) in [6.45, 7) is 2.90. The number of hydrogen-bond donors (Lipinski definition) is 1. The molecule has 2 rings (SSSR count). The first kappa shape index (κ1) is 16.2. The highest BCUT2D eigenvalue weighted by molar-refractivity contribution is 7.89. The molecule has 0 aliphatic heterocycles. The Balaban J connectivity index is 2.10. The van der Waals surface area contributed by atoms with Gasteiger partial charge in [-0.15, -0.1) is 0 Å². The van der Waals surface area contributed by atoms with Gasteiger partial charge in [-0.3, -0.25) is 0 Å². The van der Waals surface area contributed by atoms with Gasteiger partial charge in [-0.2, -0.15) is 0 Å². The molecule has 1 N–H and O–H groups in total. The summed E-state index contributed by atoms with van der Waals surface area (Å²) in [5.41, 5.74) is 1.71. The van der Waals surface area contributed by atoms with Crippen LogP contribution in [0.2, 0.25) is 0 Å². The summed E-state index contributed by atoms with van der Waals surface area (Å²) in [7, 11) is -3.07. The maximum absolute atomic E-state index is 11.5. The fraction of sp³-hybridized carbons (Fsp3) is 0.333. The van der Waals surface area contributed by atoms with Gasteiger partial charge in [0.15, 0.2) is 9.84 Å². The van der Waals surface area contributed by atoms with Gasteiger partial charge in [-0.05, 0) is 18.1 Å². The number of nitrogens with zero attached hydrogens (tertiary/aromatic N) is 2. The minimum atomic E-state index is -3.07. The van der Waals surface area contributed by atoms with Gasteiger partial charge in [0, 0.05) is 18.9 Å². The largest absolute Gasteiger partial charge is 0.478 e. The van der Waals surface area contributed by atoms with Gasteiger partial charge < -0.3 is 10.1 Å². The lowest BCUT2D eigenvalue weighted by atomic mass is 10.1. The van der Waals surface area contributed by atoms with E-state index in [-0.39, 0.29) is 5.75 Å². The second-order valence-electron chi connectivity index (χ2n) is 4.87. The van der Waals surface area contributed by atoms with E-state index in [1.807, 2.05) is 31.2 Å². The summed E-state index contributed by atoms with van der Waals surface area (Å²) >= 11 is 0. The molecule has 1 aromatic heterocycles. The number of hydrogen-bond acceptors (Lipinski definition) is 6. The number of aromatic nitrogens is 2. The molecule has 0 bridgehead atoms. The maximum Gasteiger partial charge on any atom is 0.218 e. The average molecular weight is 321 g/mol. The Morgan fingerprint density at radius 1 is 1.18 bits per heavy atom. The van der Waals surface area contributed by atoms with Crippen molar-refractivity contribution < 1.29 is 13.2 Å². The zero-order chi connectivity index (χ0) is 16.0. The van der Waals surface area contributed by atoms with E-state index in [2.05, 4.69) is 15.3 Å². The lowest BCUT2D eigenvalue weighted by Gasteiger charge is -2.11. The molecule has 0 unspecified atom stereocenters. The van der Waals surface area contributed by atoms with E-state index < -0.39 is 9.84 Å². The minimum Gasteiger partial charge on any atom is -0.478 e. The normalized spacial score (nSPS) is 11.2. The van der Waals surface area contributed by atoms with E-state index in [1.54, 1.807) is 6.07 Å². The second-order valence-corrected chi connectivity index (χ2v) is 7.01. The molecule has 0 radical (unpaired) electrons. The van der Waals surface area contributed by atoms with Gasteiger partial charge in [0.1, 0.15) is 12.1 Å². The predicted octanol–water partition coefficient (Wildman–Crippen LogP) is 2.03. The third-order valence-corrected chi connectivity index (χ3v) is 3.77. The molecule has 7 heteroatoms. The van der Waals surface area contributed by atoms with Crippen molar-refractivity contribution in [3.63, 3.8) is 0 Å². The highest BCUT2D eigenvalue weighted by atomic mass is 32.2. The summed E-state index contributed by atoms with van der Waals surface area (Å²) < 4.78 is 28.3. The van der Waals surface area contributed by atoms with Crippen LogP contribution in [0.4, 0.5) is 5.82 Å². The number of nitrogens with one attached hydrogen (secondary N) is 1. The van der Waals surface area contributed by atoms with E-state index in [0.717, 1.165) is 11.1 Å². The smallest absolute Gasteiger partial charge is 0.218 e. The van der Waals surface area contributed by atoms with Crippen LogP contribution in [0.5, 0.6) is 5.88 Å². The average Bonchev–Trinajstić information content (AvgIpc) is 2.46. The van der Waals surface area contributed by atoms with E-state index in [1.165, 1.54) is 12.6 Å². The molecule has 0 aliphatic carbocycles. The summed E-state index contributed by atoms with van der Waals surface area (Å²) in [4.78, 5) is 8.12. The first-order valence-electron chi connectivity index (χ1n) is 6.91. The van der Waals surface area contributed by atoms with E-state index in [0.29, 0.717) is 24.8 Å². The van der Waals surface area contributed by atoms with Crippen molar-refractivity contribution in [2.75, 3.05) is 18.2 Å². The Kier molecular flexibility index (Phi) is 5.32. The Bertz CT molecular complexity index is 732. The molecule has 1 aromatic carbocycles. The summed E-state index contributed by atoms with van der Waals surface area (Å²) in [5, 5.41) is 3.16. The van der Waals surface area contributed by atoms with Gasteiger partial charge in [0.05, 0.1) is 12.4 Å². The lowest BCUT2D eigenvalue weighted by Crippen LogP contribution is -2.08. The second kappa shape index (κ2) is 7.22. The Hall–Kier alpha value is -2.15. The molecule has 0 saturated carbocycles. The lowest BCUT2D eigenvalue weighted by molar-refractivity contribution is 0.326. The molecule has 0 aliphatic rings. The van der Waals surface area contributed by atoms with Crippen molar-refractivity contribution in [1.29, 1.82) is 0 Å². The van der Waals surface area contributed by atoms with Gasteiger partial charge in [0.2, 0.25) is 5.88 Å². The van der Waals surface area contributed by atoms with Crippen LogP contribution in [0.15, 0.2) is 36.7 Å². The molecule has 0 saturated heterocycles. The fourth-order valence-electron chi connectivity index (χ4n) is 2.00. The zero-order valence-corrected chi connectivity index (χ0v) is 13.4. The number of benzene rings is 1. The van der Waals surface area contributed by atoms with Crippen LogP contribution >= 0.6 is 0 Å². The highest BCUT2D eigenvalue weighted by Crippen LogP contribution is 2.16. The number of anilines is 1. The van der Waals surface area contributed by atoms with Crippen molar-refractivity contribution in [3.8, 4) is 5.88 Å². The monoisotopic (exact) mass is 321 g/mol. The van der Waals surface area contributed by atoms with Gasteiger partial charge in [-0.25, -0.2) is 18.4 Å². The molecule has 1 heterocycles. The number of ether oxygens (including phenoxy) is 1. The van der Waals surface area contributed by atoms with Crippen LogP contribution in [0.1, 0.15) is 18.1 Å². The number of sulfone groups is 1. The van der Waals surface area contributed by atoms with Crippen molar-refractivity contribution in [1.82, 2.24) is 9.97 Å². The quantitative estimate of drug-likeness (QED) is 0.840. The molecule has 0 amide bonds. The molecule has 0 spiro atoms. The minimum absolute atomic E-state index is 0.0266. The standard InChI is InChI=1S/C15H19N3O3S/c1-3-21-15-8-14(17-11-18-15)16-9-12-6-4-5-7-13(12)10-22(2,19)20/h4-8,11H,3,9-10H2,1-2H3,(H,16,17,18). The molecule has 0 atom stereocenters. The molecule has 22 heavy (non-hydrogen) atoms. The topological polar surface area (TPSA) is 81.2 Å². The Morgan fingerprint density at radius 3 is 2.59 bits per heavy atom. The van der Waals surface area contributed by atoms with Crippen LogP contribution < -0.4 is 10.1 Å². The number of rotatable bonds is 7. The van der Waals surface area contributed by atoms with Crippen molar-refractivity contribution in [3.05, 3.63) is 47.8 Å². The van der Waals surface area contributed by atoms with Crippen LogP contribution in [-0.4, -0.2) is 31.2 Å². The Labute approximate surface area is 130 Å². The van der Waals surface area contributed by atoms with Crippen LogP contribution in [0, 0.1) is 0 Å². The Morgan fingerprint density at radius 2 is 1.91 bits per heavy atom. The fourth-order valence-corrected chi connectivity index (χ4v) is 2.85. The van der Waals surface area contributed by atoms with Crippen LogP contribution in [0.25, 0.3) is 0 Å². The van der Waals surface area contributed by atoms with Gasteiger partial charge >= 0.3 is 0 Å². The van der Waals surface area contributed by atoms with E-state index >= 15 is 0 Å². The molecule has 6 nitrogen and oxygen atoms in total. The first-order chi connectivity index (χ1) is 10.5. The SMILES string of the molecule is CCOc1cc(NCc2ccccc2CS(C)(=O)=O)ncn1. The maximum atomic E-state index is 11.5. The molecule has 2 aromatic rings. The van der Waals surface area contributed by atoms with Crippen molar-refractivity contribution in [2.24, 2.45) is 0 Å². The van der Waals surface area contributed by atoms with Crippen LogP contribution in [-0.2, 0) is 22.1 Å². The molecular formula is C15H19N3O3S. The third-order valence-electron chi connectivity index (χ3n) is 2.93. The van der Waals surface area contributed by atoms with E-state index in [4.69, 9.17) is 4.74 Å². The summed E-state index contributed by atoms with van der Waals surface area (Å²) in [6.07, 6.45) is 2.66. The summed E-state index contributed by atoms with van der Waals surface area (Å²) in [6, 6.07) is 9.15. The van der Waals surface area contributed by atoms with Gasteiger partial charge in [-0.1, -0.05) is 24.3 Å². The predicted molar refractivity (Wildman–Crippen MR) is 85.5 cm³/mol. The molecule has 118 valence electrons. The van der Waals surface area contributed by atoms with Crippen molar-refractivity contribution in [2.45, 2.75) is 19.2 Å². The van der Waals surface area contributed by atoms with Crippen LogP contribution in [0.3, 0.4) is 0 Å².